The van der Waals surface area contributed by atoms with Gasteiger partial charge in [-0.1, -0.05) is 25.5 Å². The first-order valence-corrected chi connectivity index (χ1v) is 9.40. The molecule has 0 aliphatic heterocycles. The molecule has 0 amide bonds. The molecule has 3 heteroatoms. The van der Waals surface area contributed by atoms with Gasteiger partial charge in [-0.25, -0.2) is 0 Å². The van der Waals surface area contributed by atoms with Crippen molar-refractivity contribution in [3.63, 3.8) is 0 Å². The first-order chi connectivity index (χ1) is 11.8. The zero-order valence-corrected chi connectivity index (χ0v) is 14.8. The average molecular weight is 326 g/mol. The van der Waals surface area contributed by atoms with Crippen LogP contribution >= 0.6 is 0 Å². The lowest BCUT2D eigenvalue weighted by molar-refractivity contribution is 0.185. The number of nitrogen functional groups attached to an aromatic ring is 1. The van der Waals surface area contributed by atoms with Gasteiger partial charge in [-0.3, -0.25) is 0 Å². The largest absolute Gasteiger partial charge is 0.469 e. The lowest BCUT2D eigenvalue weighted by Crippen LogP contribution is -2.40. The van der Waals surface area contributed by atoms with E-state index in [1.807, 2.05) is 12.1 Å². The summed E-state index contributed by atoms with van der Waals surface area (Å²) in [5.41, 5.74) is 9.96. The Hall–Kier alpha value is -1.74. The second kappa shape index (κ2) is 8.39. The first kappa shape index (κ1) is 17.1. The van der Waals surface area contributed by atoms with Crippen LogP contribution in [0.5, 0.6) is 0 Å². The number of hydrogen-bond donors (Lipinski definition) is 1. The molecule has 1 aromatic heterocycles. The van der Waals surface area contributed by atoms with Crippen molar-refractivity contribution in [3.8, 4) is 0 Å². The minimum absolute atomic E-state index is 0.675. The zero-order chi connectivity index (χ0) is 16.8. The van der Waals surface area contributed by atoms with E-state index < -0.39 is 0 Å². The van der Waals surface area contributed by atoms with Crippen LogP contribution in [0.1, 0.15) is 49.5 Å². The highest BCUT2D eigenvalue weighted by molar-refractivity contribution is 5.52. The van der Waals surface area contributed by atoms with Crippen LogP contribution in [0, 0.1) is 0 Å². The minimum Gasteiger partial charge on any atom is -0.469 e. The quantitative estimate of drug-likeness (QED) is 0.575. The summed E-state index contributed by atoms with van der Waals surface area (Å²) in [4.78, 5) is 2.67. The molecule has 1 unspecified atom stereocenters. The van der Waals surface area contributed by atoms with Gasteiger partial charge in [-0.05, 0) is 74.5 Å². The van der Waals surface area contributed by atoms with E-state index in [2.05, 4.69) is 30.0 Å². The summed E-state index contributed by atoms with van der Waals surface area (Å²) in [5, 5.41) is 0. The molecule has 0 bridgehead atoms. The van der Waals surface area contributed by atoms with E-state index in [0.717, 1.165) is 37.3 Å². The van der Waals surface area contributed by atoms with Crippen molar-refractivity contribution in [3.05, 3.63) is 53.5 Å². The van der Waals surface area contributed by atoms with E-state index in [1.165, 1.54) is 43.4 Å². The summed E-state index contributed by atoms with van der Waals surface area (Å²) >= 11 is 0. The van der Waals surface area contributed by atoms with E-state index in [4.69, 9.17) is 10.2 Å². The second-order valence-corrected chi connectivity index (χ2v) is 6.90. The van der Waals surface area contributed by atoms with Crippen molar-refractivity contribution >= 4 is 5.69 Å². The molecular formula is C21H30N2O. The molecule has 3 nitrogen and oxygen atoms in total. The van der Waals surface area contributed by atoms with Gasteiger partial charge < -0.3 is 15.1 Å². The number of rotatable bonds is 8. The molecule has 0 fully saturated rings. The maximum atomic E-state index is 6.13. The lowest BCUT2D eigenvalue weighted by atomic mass is 9.86. The number of aryl methyl sites for hydroxylation is 1. The molecule has 0 saturated carbocycles. The summed E-state index contributed by atoms with van der Waals surface area (Å²) in [6, 6.07) is 11.1. The molecule has 0 saturated heterocycles. The van der Waals surface area contributed by atoms with Crippen molar-refractivity contribution in [1.82, 2.24) is 4.90 Å². The Labute approximate surface area is 145 Å². The third-order valence-electron chi connectivity index (χ3n) is 5.36. The van der Waals surface area contributed by atoms with Gasteiger partial charge in [0, 0.05) is 18.2 Å². The van der Waals surface area contributed by atoms with Crippen molar-refractivity contribution in [2.75, 3.05) is 18.8 Å². The number of likely N-dealkylation sites (N-methyl/N-ethyl adjacent to an activating group) is 1. The van der Waals surface area contributed by atoms with Crippen molar-refractivity contribution in [1.29, 1.82) is 0 Å². The molecule has 130 valence electrons. The number of furan rings is 1. The van der Waals surface area contributed by atoms with E-state index in [0.29, 0.717) is 6.04 Å². The predicted molar refractivity (Wildman–Crippen MR) is 100 cm³/mol. The fourth-order valence-corrected chi connectivity index (χ4v) is 3.97. The van der Waals surface area contributed by atoms with E-state index >= 15 is 0 Å². The van der Waals surface area contributed by atoms with Crippen LogP contribution in [-0.2, 0) is 19.3 Å². The van der Waals surface area contributed by atoms with E-state index in [1.54, 1.807) is 6.26 Å². The third kappa shape index (κ3) is 4.21. The number of unbranched alkanes of at least 4 members (excludes halogenated alkanes) is 2. The van der Waals surface area contributed by atoms with Crippen LogP contribution in [0.25, 0.3) is 0 Å². The Bertz CT molecular complexity index is 621. The van der Waals surface area contributed by atoms with Crippen LogP contribution in [-0.4, -0.2) is 24.0 Å². The molecule has 1 aromatic carbocycles. The first-order valence-electron chi connectivity index (χ1n) is 9.40. The highest BCUT2D eigenvalue weighted by Crippen LogP contribution is 2.28. The molecule has 1 heterocycles. The number of benzene rings is 1. The number of fused-ring (bicyclic) bond motifs is 1. The van der Waals surface area contributed by atoms with Crippen molar-refractivity contribution in [2.24, 2.45) is 0 Å². The van der Waals surface area contributed by atoms with Gasteiger partial charge in [-0.15, -0.1) is 0 Å². The van der Waals surface area contributed by atoms with Gasteiger partial charge in [0.25, 0.3) is 0 Å². The van der Waals surface area contributed by atoms with Gasteiger partial charge in [0.05, 0.1) is 6.26 Å². The van der Waals surface area contributed by atoms with E-state index in [9.17, 15) is 0 Å². The second-order valence-electron chi connectivity index (χ2n) is 6.90. The summed E-state index contributed by atoms with van der Waals surface area (Å²) in [7, 11) is 0. The Kier molecular flexibility index (Phi) is 5.97. The van der Waals surface area contributed by atoms with Crippen LogP contribution in [0.3, 0.4) is 0 Å². The number of nitrogens with zero attached hydrogens (tertiary/aromatic N) is 1. The highest BCUT2D eigenvalue weighted by atomic mass is 16.3. The summed E-state index contributed by atoms with van der Waals surface area (Å²) in [6.45, 7) is 4.63. The third-order valence-corrected chi connectivity index (χ3v) is 5.36. The summed E-state index contributed by atoms with van der Waals surface area (Å²) < 4.78 is 5.40. The van der Waals surface area contributed by atoms with Crippen molar-refractivity contribution < 1.29 is 4.42 Å². The fraction of sp³-hybridized carbons (Fsp3) is 0.524. The van der Waals surface area contributed by atoms with Gasteiger partial charge in [-0.2, -0.15) is 0 Å². The molecule has 2 N–H and O–H groups in total. The molecule has 1 atom stereocenters. The minimum atomic E-state index is 0.675. The number of anilines is 1. The standard InChI is InChI=1S/C21H30N2O/c1-2-23(14-5-3-4-9-19-10-7-15-24-19)18-12-13-20-17(16-18)8-6-11-21(20)22/h6-8,10-11,15,18H,2-5,9,12-14,16,22H2,1H3. The molecule has 2 aromatic rings. The maximum Gasteiger partial charge on any atom is 0.103 e. The molecule has 24 heavy (non-hydrogen) atoms. The van der Waals surface area contributed by atoms with E-state index in [-0.39, 0.29) is 0 Å². The van der Waals surface area contributed by atoms with Gasteiger partial charge in [0.15, 0.2) is 0 Å². The molecular weight excluding hydrogens is 296 g/mol. The zero-order valence-electron chi connectivity index (χ0n) is 14.8. The summed E-state index contributed by atoms with van der Waals surface area (Å²) in [5.74, 6) is 1.11. The normalized spacial score (nSPS) is 17.2. The monoisotopic (exact) mass is 326 g/mol. The Morgan fingerprint density at radius 3 is 2.88 bits per heavy atom. The Balaban J connectivity index is 1.44. The van der Waals surface area contributed by atoms with Crippen LogP contribution in [0.2, 0.25) is 0 Å². The Morgan fingerprint density at radius 2 is 2.08 bits per heavy atom. The molecule has 1 aliphatic rings. The topological polar surface area (TPSA) is 42.4 Å². The van der Waals surface area contributed by atoms with Gasteiger partial charge >= 0.3 is 0 Å². The Morgan fingerprint density at radius 1 is 1.17 bits per heavy atom. The number of nitrogens with two attached hydrogens (primary N) is 1. The fourth-order valence-electron chi connectivity index (χ4n) is 3.97. The highest BCUT2D eigenvalue weighted by Gasteiger charge is 2.24. The van der Waals surface area contributed by atoms with Gasteiger partial charge in [0.1, 0.15) is 5.76 Å². The lowest BCUT2D eigenvalue weighted by Gasteiger charge is -2.35. The average Bonchev–Trinajstić information content (AvgIpc) is 3.11. The van der Waals surface area contributed by atoms with Crippen LogP contribution in [0.15, 0.2) is 41.0 Å². The molecule has 0 spiro atoms. The van der Waals surface area contributed by atoms with Crippen LogP contribution < -0.4 is 5.73 Å². The van der Waals surface area contributed by atoms with Crippen molar-refractivity contribution in [2.45, 2.75) is 57.9 Å². The molecule has 0 radical (unpaired) electrons. The molecule has 1 aliphatic carbocycles. The SMILES string of the molecule is CCN(CCCCCc1ccco1)C1CCc2c(N)cccc2C1. The smallest absolute Gasteiger partial charge is 0.103 e. The van der Waals surface area contributed by atoms with Crippen LogP contribution in [0.4, 0.5) is 5.69 Å². The summed E-state index contributed by atoms with van der Waals surface area (Å²) in [6.07, 6.45) is 10.1. The number of hydrogen-bond acceptors (Lipinski definition) is 3. The van der Waals surface area contributed by atoms with Gasteiger partial charge in [0.2, 0.25) is 0 Å². The predicted octanol–water partition coefficient (Wildman–Crippen LogP) is 4.45. The molecule has 3 rings (SSSR count). The maximum absolute atomic E-state index is 6.13.